The molecule has 1 N–H and O–H groups in total. The van der Waals surface area contributed by atoms with Crippen LogP contribution in [-0.4, -0.2) is 23.4 Å². The zero-order valence-corrected chi connectivity index (χ0v) is 18.1. The highest BCUT2D eigenvalue weighted by Crippen LogP contribution is 2.42. The monoisotopic (exact) mass is 416 g/mol. The van der Waals surface area contributed by atoms with E-state index in [1.165, 1.54) is 57.4 Å². The van der Waals surface area contributed by atoms with Gasteiger partial charge in [-0.2, -0.15) is 0 Å². The Morgan fingerprint density at radius 1 is 1.03 bits per heavy atom. The van der Waals surface area contributed by atoms with Gasteiger partial charge in [-0.1, -0.05) is 44.6 Å². The third-order valence-corrected chi connectivity index (χ3v) is 7.36. The molecule has 1 atom stereocenters. The highest BCUT2D eigenvalue weighted by molar-refractivity contribution is 5.95. The summed E-state index contributed by atoms with van der Waals surface area (Å²) in [7, 11) is 0. The predicted octanol–water partition coefficient (Wildman–Crippen LogP) is 6.01. The maximum absolute atomic E-state index is 14.7. The molecular formula is C25H34F2N2O. The van der Waals surface area contributed by atoms with Gasteiger partial charge in [0.2, 0.25) is 5.91 Å². The fourth-order valence-electron chi connectivity index (χ4n) is 5.60. The maximum Gasteiger partial charge on any atom is 0.249 e. The second-order valence-electron chi connectivity index (χ2n) is 9.41. The molecule has 30 heavy (non-hydrogen) atoms. The van der Waals surface area contributed by atoms with Gasteiger partial charge >= 0.3 is 0 Å². The molecule has 164 valence electrons. The highest BCUT2D eigenvalue weighted by atomic mass is 19.1. The number of nitrogens with zero attached hydrogens (tertiary/aromatic N) is 1. The number of benzene rings is 1. The second kappa shape index (κ2) is 9.49. The summed E-state index contributed by atoms with van der Waals surface area (Å²) < 4.78 is 28.2. The van der Waals surface area contributed by atoms with Crippen LogP contribution in [0.25, 0.3) is 0 Å². The smallest absolute Gasteiger partial charge is 0.249 e. The van der Waals surface area contributed by atoms with E-state index in [0.29, 0.717) is 17.9 Å². The minimum absolute atomic E-state index is 0.00179. The second-order valence-corrected chi connectivity index (χ2v) is 9.41. The molecular weight excluding hydrogens is 382 g/mol. The molecule has 1 aromatic carbocycles. The van der Waals surface area contributed by atoms with E-state index in [4.69, 9.17) is 0 Å². The zero-order chi connectivity index (χ0) is 21.1. The Morgan fingerprint density at radius 2 is 1.70 bits per heavy atom. The summed E-state index contributed by atoms with van der Waals surface area (Å²) in [6, 6.07) is 3.86. The number of nitrogens with one attached hydrogen (secondary N) is 1. The Morgan fingerprint density at radius 3 is 2.37 bits per heavy atom. The summed E-state index contributed by atoms with van der Waals surface area (Å²) in [5.74, 6) is -0.512. The molecule has 1 unspecified atom stereocenters. The number of halogens is 2. The Hall–Kier alpha value is -1.91. The van der Waals surface area contributed by atoms with E-state index in [9.17, 15) is 13.6 Å². The molecule has 3 nitrogen and oxygen atoms in total. The molecule has 1 heterocycles. The standard InChI is InChI=1S/C25H34F2N2O/c1-17-22(25(30)28-20-10-6-3-7-11-20)15-24(21-13-12-19(26)14-23(21)27)29(17)16-18-8-4-2-5-9-18/h12-14,18,20,24H,2-11,15-16H2,1H3,(H,28,30). The maximum atomic E-state index is 14.7. The molecule has 0 bridgehead atoms. The molecule has 3 aliphatic rings. The van der Waals surface area contributed by atoms with E-state index in [1.54, 1.807) is 6.07 Å². The third kappa shape index (κ3) is 4.70. The lowest BCUT2D eigenvalue weighted by Gasteiger charge is -2.34. The number of carbonyl (C=O) groups is 1. The first-order valence-corrected chi connectivity index (χ1v) is 11.7. The van der Waals surface area contributed by atoms with Crippen molar-refractivity contribution in [2.75, 3.05) is 6.54 Å². The minimum atomic E-state index is -0.562. The van der Waals surface area contributed by atoms with Crippen molar-refractivity contribution in [1.82, 2.24) is 10.2 Å². The number of allylic oxidation sites excluding steroid dienone is 1. The number of hydrogen-bond acceptors (Lipinski definition) is 2. The topological polar surface area (TPSA) is 32.3 Å². The fraction of sp³-hybridized carbons (Fsp3) is 0.640. The van der Waals surface area contributed by atoms with Crippen LogP contribution in [-0.2, 0) is 4.79 Å². The zero-order valence-electron chi connectivity index (χ0n) is 18.1. The van der Waals surface area contributed by atoms with E-state index in [1.807, 2.05) is 6.92 Å². The Labute approximate surface area is 178 Å². The van der Waals surface area contributed by atoms with Crippen LogP contribution in [0.1, 0.15) is 89.2 Å². The van der Waals surface area contributed by atoms with Gasteiger partial charge < -0.3 is 10.2 Å². The predicted molar refractivity (Wildman–Crippen MR) is 115 cm³/mol. The summed E-state index contributed by atoms with van der Waals surface area (Å²) in [6.07, 6.45) is 12.3. The molecule has 1 aromatic rings. The summed E-state index contributed by atoms with van der Waals surface area (Å²) >= 11 is 0. The van der Waals surface area contributed by atoms with Crippen molar-refractivity contribution in [3.05, 3.63) is 46.7 Å². The van der Waals surface area contributed by atoms with Crippen LogP contribution < -0.4 is 5.32 Å². The highest BCUT2D eigenvalue weighted by Gasteiger charge is 2.36. The van der Waals surface area contributed by atoms with Crippen molar-refractivity contribution in [2.24, 2.45) is 5.92 Å². The van der Waals surface area contributed by atoms with E-state index in [2.05, 4.69) is 10.2 Å². The Kier molecular flexibility index (Phi) is 6.74. The van der Waals surface area contributed by atoms with Crippen LogP contribution in [0, 0.1) is 17.6 Å². The largest absolute Gasteiger partial charge is 0.367 e. The number of carbonyl (C=O) groups excluding carboxylic acids is 1. The van der Waals surface area contributed by atoms with Crippen LogP contribution in [0.2, 0.25) is 0 Å². The van der Waals surface area contributed by atoms with E-state index in [0.717, 1.165) is 36.7 Å². The van der Waals surface area contributed by atoms with Crippen LogP contribution in [0.5, 0.6) is 0 Å². The van der Waals surface area contributed by atoms with Gasteiger partial charge in [-0.3, -0.25) is 4.79 Å². The molecule has 4 rings (SSSR count). The lowest BCUT2D eigenvalue weighted by atomic mass is 9.88. The first-order chi connectivity index (χ1) is 14.5. The van der Waals surface area contributed by atoms with Gasteiger partial charge in [-0.15, -0.1) is 0 Å². The van der Waals surface area contributed by atoms with E-state index < -0.39 is 11.6 Å². The van der Waals surface area contributed by atoms with Crippen molar-refractivity contribution in [3.8, 4) is 0 Å². The van der Waals surface area contributed by atoms with Crippen molar-refractivity contribution < 1.29 is 13.6 Å². The average Bonchev–Trinajstić information content (AvgIpc) is 3.06. The molecule has 1 aliphatic heterocycles. The number of hydrogen-bond donors (Lipinski definition) is 1. The van der Waals surface area contributed by atoms with Crippen molar-refractivity contribution in [2.45, 2.75) is 89.6 Å². The Bertz CT molecular complexity index is 794. The number of amides is 1. The molecule has 0 spiro atoms. The van der Waals surface area contributed by atoms with Crippen molar-refractivity contribution >= 4 is 5.91 Å². The quantitative estimate of drug-likeness (QED) is 0.637. The molecule has 0 radical (unpaired) electrons. The van der Waals surface area contributed by atoms with Crippen LogP contribution in [0.15, 0.2) is 29.5 Å². The van der Waals surface area contributed by atoms with E-state index in [-0.39, 0.29) is 18.0 Å². The van der Waals surface area contributed by atoms with Gasteiger partial charge in [0, 0.05) is 41.9 Å². The fourth-order valence-corrected chi connectivity index (χ4v) is 5.60. The SMILES string of the molecule is CC1=C(C(=O)NC2CCCCC2)CC(c2ccc(F)cc2F)N1CC1CCCCC1. The summed E-state index contributed by atoms with van der Waals surface area (Å²) in [6.45, 7) is 2.84. The normalized spacial score (nSPS) is 23.8. The Balaban J connectivity index is 1.57. The van der Waals surface area contributed by atoms with Gasteiger partial charge in [0.25, 0.3) is 0 Å². The van der Waals surface area contributed by atoms with Crippen LogP contribution in [0.4, 0.5) is 8.78 Å². The average molecular weight is 417 g/mol. The van der Waals surface area contributed by atoms with Crippen molar-refractivity contribution in [3.63, 3.8) is 0 Å². The summed E-state index contributed by atoms with van der Waals surface area (Å²) in [4.78, 5) is 15.4. The first kappa shape index (κ1) is 21.3. The molecule has 2 fully saturated rings. The molecule has 0 saturated heterocycles. The third-order valence-electron chi connectivity index (χ3n) is 7.36. The summed E-state index contributed by atoms with van der Waals surface area (Å²) in [5.41, 5.74) is 2.22. The molecule has 2 saturated carbocycles. The van der Waals surface area contributed by atoms with Gasteiger partial charge in [-0.05, 0) is 44.6 Å². The van der Waals surface area contributed by atoms with Crippen molar-refractivity contribution in [1.29, 1.82) is 0 Å². The molecule has 1 amide bonds. The molecule has 5 heteroatoms. The molecule has 2 aliphatic carbocycles. The lowest BCUT2D eigenvalue weighted by Crippen LogP contribution is -2.37. The summed E-state index contributed by atoms with van der Waals surface area (Å²) in [5, 5.41) is 3.23. The number of rotatable bonds is 5. The van der Waals surface area contributed by atoms with Gasteiger partial charge in [0.1, 0.15) is 11.6 Å². The van der Waals surface area contributed by atoms with E-state index >= 15 is 0 Å². The lowest BCUT2D eigenvalue weighted by molar-refractivity contribution is -0.118. The minimum Gasteiger partial charge on any atom is -0.367 e. The van der Waals surface area contributed by atoms with Gasteiger partial charge in [0.05, 0.1) is 6.04 Å². The first-order valence-electron chi connectivity index (χ1n) is 11.7. The van der Waals surface area contributed by atoms with Crippen LogP contribution >= 0.6 is 0 Å². The van der Waals surface area contributed by atoms with Gasteiger partial charge in [0.15, 0.2) is 0 Å². The van der Waals surface area contributed by atoms with Gasteiger partial charge in [-0.25, -0.2) is 8.78 Å². The molecule has 0 aromatic heterocycles. The van der Waals surface area contributed by atoms with Crippen LogP contribution in [0.3, 0.4) is 0 Å².